The Morgan fingerprint density at radius 2 is 1.75 bits per heavy atom. The number of nitrogens with zero attached hydrogens (tertiary/aromatic N) is 1. The van der Waals surface area contributed by atoms with Crippen molar-refractivity contribution in [3.63, 3.8) is 0 Å². The number of esters is 1. The van der Waals surface area contributed by atoms with Crippen LogP contribution in [-0.4, -0.2) is 43.1 Å². The maximum Gasteiger partial charge on any atom is 0.337 e. The summed E-state index contributed by atoms with van der Waals surface area (Å²) in [6.07, 6.45) is 1.41. The largest absolute Gasteiger partial charge is 0.507 e. The Hall–Kier alpha value is -4.53. The predicted octanol–water partition coefficient (Wildman–Crippen LogP) is 4.49. The van der Waals surface area contributed by atoms with Crippen molar-refractivity contribution < 1.29 is 38.1 Å². The van der Waals surface area contributed by atoms with Gasteiger partial charge in [-0.3, -0.25) is 14.5 Å². The van der Waals surface area contributed by atoms with E-state index < -0.39 is 29.5 Å². The zero-order valence-corrected chi connectivity index (χ0v) is 20.0. The van der Waals surface area contributed by atoms with E-state index in [1.54, 1.807) is 37.3 Å². The molecule has 0 bridgehead atoms. The number of furan rings is 1. The lowest BCUT2D eigenvalue weighted by atomic mass is 9.98. The summed E-state index contributed by atoms with van der Waals surface area (Å²) >= 11 is 0. The quantitative estimate of drug-likeness (QED) is 0.212. The standard InChI is InChI=1S/C27H25NO8/c1-4-34-18-12-13-19(21(15-18)35-5-2)24(29)22-23(20-7-6-14-36-20)28(26(31)25(22)30)17-10-8-16(9-11-17)27(32)33-3/h6-15,23,29H,4-5H2,1-3H3/b24-22-. The van der Waals surface area contributed by atoms with E-state index in [-0.39, 0.29) is 22.5 Å². The molecule has 1 aromatic heterocycles. The minimum Gasteiger partial charge on any atom is -0.507 e. The van der Waals surface area contributed by atoms with Crippen LogP contribution in [0.25, 0.3) is 5.76 Å². The number of rotatable bonds is 8. The molecule has 2 aromatic carbocycles. The van der Waals surface area contributed by atoms with Gasteiger partial charge in [0.25, 0.3) is 11.7 Å². The highest BCUT2D eigenvalue weighted by atomic mass is 16.5. The van der Waals surface area contributed by atoms with Crippen molar-refractivity contribution in [3.05, 3.63) is 83.3 Å². The number of amides is 1. The average molecular weight is 491 g/mol. The summed E-state index contributed by atoms with van der Waals surface area (Å²) in [7, 11) is 1.27. The number of ether oxygens (including phenoxy) is 3. The maximum absolute atomic E-state index is 13.3. The minimum atomic E-state index is -1.05. The van der Waals surface area contributed by atoms with E-state index in [4.69, 9.17) is 18.6 Å². The number of carbonyl (C=O) groups excluding carboxylic acids is 3. The molecule has 9 heteroatoms. The molecule has 1 fully saturated rings. The molecule has 9 nitrogen and oxygen atoms in total. The number of aliphatic hydroxyl groups is 1. The van der Waals surface area contributed by atoms with Crippen LogP contribution < -0.4 is 14.4 Å². The van der Waals surface area contributed by atoms with Gasteiger partial charge in [0.15, 0.2) is 0 Å². The topological polar surface area (TPSA) is 116 Å². The summed E-state index contributed by atoms with van der Waals surface area (Å²) in [6.45, 7) is 4.38. The molecule has 1 aliphatic heterocycles. The Bertz CT molecular complexity index is 1310. The molecule has 3 aromatic rings. The highest BCUT2D eigenvalue weighted by Gasteiger charge is 2.48. The van der Waals surface area contributed by atoms with Gasteiger partial charge in [-0.2, -0.15) is 0 Å². The van der Waals surface area contributed by atoms with Crippen molar-refractivity contribution in [2.24, 2.45) is 0 Å². The van der Waals surface area contributed by atoms with Crippen molar-refractivity contribution in [2.75, 3.05) is 25.2 Å². The van der Waals surface area contributed by atoms with Gasteiger partial charge in [0, 0.05) is 11.8 Å². The normalized spacial score (nSPS) is 16.8. The van der Waals surface area contributed by atoms with Crippen LogP contribution in [0.1, 0.15) is 41.6 Å². The molecule has 2 heterocycles. The fourth-order valence-corrected chi connectivity index (χ4v) is 4.07. The number of Topliss-reactive ketones (excluding diaryl/α,β-unsaturated/α-hetero) is 1. The first-order valence-corrected chi connectivity index (χ1v) is 11.3. The number of hydrogen-bond acceptors (Lipinski definition) is 8. The smallest absolute Gasteiger partial charge is 0.337 e. The molecule has 4 rings (SSSR count). The van der Waals surface area contributed by atoms with Gasteiger partial charge in [-0.15, -0.1) is 0 Å². The second-order valence-electron chi connectivity index (χ2n) is 7.75. The minimum absolute atomic E-state index is 0.155. The van der Waals surface area contributed by atoms with Crippen molar-refractivity contribution >= 4 is 29.1 Å². The van der Waals surface area contributed by atoms with Gasteiger partial charge in [0.1, 0.15) is 29.1 Å². The number of ketones is 1. The fraction of sp³-hybridized carbons (Fsp3) is 0.222. The molecule has 36 heavy (non-hydrogen) atoms. The molecule has 0 aliphatic carbocycles. The Labute approximate surface area is 207 Å². The lowest BCUT2D eigenvalue weighted by Crippen LogP contribution is -2.29. The van der Waals surface area contributed by atoms with Crippen LogP contribution in [0.2, 0.25) is 0 Å². The van der Waals surface area contributed by atoms with Gasteiger partial charge >= 0.3 is 5.97 Å². The molecule has 0 spiro atoms. The summed E-state index contributed by atoms with van der Waals surface area (Å²) in [5.74, 6) is -1.58. The lowest BCUT2D eigenvalue weighted by Gasteiger charge is -2.23. The molecule has 1 aliphatic rings. The van der Waals surface area contributed by atoms with Gasteiger partial charge in [-0.25, -0.2) is 4.79 Å². The number of anilines is 1. The average Bonchev–Trinajstić information content (AvgIpc) is 3.51. The second-order valence-corrected chi connectivity index (χ2v) is 7.75. The lowest BCUT2D eigenvalue weighted by molar-refractivity contribution is -0.132. The van der Waals surface area contributed by atoms with Crippen LogP contribution in [0.3, 0.4) is 0 Å². The second kappa shape index (κ2) is 10.4. The summed E-state index contributed by atoms with van der Waals surface area (Å²) in [6, 6.07) is 13.0. The van der Waals surface area contributed by atoms with E-state index in [2.05, 4.69) is 0 Å². The molecule has 0 saturated carbocycles. The van der Waals surface area contributed by atoms with Gasteiger partial charge in [-0.1, -0.05) is 0 Å². The Morgan fingerprint density at radius 1 is 1.03 bits per heavy atom. The Balaban J connectivity index is 1.86. The van der Waals surface area contributed by atoms with Crippen LogP contribution in [-0.2, 0) is 14.3 Å². The molecular weight excluding hydrogens is 466 g/mol. The van der Waals surface area contributed by atoms with E-state index >= 15 is 0 Å². The zero-order chi connectivity index (χ0) is 25.8. The van der Waals surface area contributed by atoms with E-state index in [9.17, 15) is 19.5 Å². The van der Waals surface area contributed by atoms with Crippen molar-refractivity contribution in [2.45, 2.75) is 19.9 Å². The maximum atomic E-state index is 13.3. The summed E-state index contributed by atoms with van der Waals surface area (Å²) in [5.41, 5.74) is 0.693. The molecule has 0 radical (unpaired) electrons. The predicted molar refractivity (Wildman–Crippen MR) is 130 cm³/mol. The Morgan fingerprint density at radius 3 is 2.36 bits per heavy atom. The van der Waals surface area contributed by atoms with E-state index in [0.29, 0.717) is 30.4 Å². The van der Waals surface area contributed by atoms with Gasteiger partial charge in [0.05, 0.1) is 43.3 Å². The number of hydrogen-bond donors (Lipinski definition) is 1. The third-order valence-corrected chi connectivity index (χ3v) is 5.64. The monoisotopic (exact) mass is 491 g/mol. The van der Waals surface area contributed by atoms with E-state index in [0.717, 1.165) is 0 Å². The molecule has 1 N–H and O–H groups in total. The number of methoxy groups -OCH3 is 1. The van der Waals surface area contributed by atoms with Crippen LogP contribution in [0, 0.1) is 0 Å². The first-order chi connectivity index (χ1) is 17.4. The third-order valence-electron chi connectivity index (χ3n) is 5.64. The number of aliphatic hydroxyl groups excluding tert-OH is 1. The van der Waals surface area contributed by atoms with Crippen molar-refractivity contribution in [1.82, 2.24) is 0 Å². The third kappa shape index (κ3) is 4.43. The summed E-state index contributed by atoms with van der Waals surface area (Å²) in [4.78, 5) is 39.6. The van der Waals surface area contributed by atoms with Crippen LogP contribution in [0.5, 0.6) is 11.5 Å². The van der Waals surface area contributed by atoms with Gasteiger partial charge in [-0.05, 0) is 62.4 Å². The summed E-state index contributed by atoms with van der Waals surface area (Å²) in [5, 5.41) is 11.4. The Kier molecular flexibility index (Phi) is 7.10. The molecular formula is C27H25NO8. The highest BCUT2D eigenvalue weighted by molar-refractivity contribution is 6.51. The van der Waals surface area contributed by atoms with Crippen LogP contribution >= 0.6 is 0 Å². The number of carbonyl (C=O) groups is 3. The van der Waals surface area contributed by atoms with Crippen LogP contribution in [0.15, 0.2) is 70.9 Å². The van der Waals surface area contributed by atoms with Crippen molar-refractivity contribution in [1.29, 1.82) is 0 Å². The fourth-order valence-electron chi connectivity index (χ4n) is 4.07. The zero-order valence-electron chi connectivity index (χ0n) is 20.0. The SMILES string of the molecule is CCOc1ccc(/C(O)=C2/C(=O)C(=O)N(c3ccc(C(=O)OC)cc3)C2c2ccco2)c(OCC)c1. The first kappa shape index (κ1) is 24.6. The summed E-state index contributed by atoms with van der Waals surface area (Å²) < 4.78 is 21.5. The van der Waals surface area contributed by atoms with E-state index in [1.807, 2.05) is 6.92 Å². The first-order valence-electron chi connectivity index (χ1n) is 11.3. The molecule has 1 saturated heterocycles. The molecule has 1 unspecified atom stereocenters. The van der Waals surface area contributed by atoms with Gasteiger partial charge in [0.2, 0.25) is 0 Å². The van der Waals surface area contributed by atoms with Gasteiger partial charge < -0.3 is 23.7 Å². The van der Waals surface area contributed by atoms with Crippen molar-refractivity contribution in [3.8, 4) is 11.5 Å². The van der Waals surface area contributed by atoms with E-state index in [1.165, 1.54) is 42.5 Å². The highest BCUT2D eigenvalue weighted by Crippen LogP contribution is 2.43. The molecule has 186 valence electrons. The van der Waals surface area contributed by atoms with Crippen LogP contribution in [0.4, 0.5) is 5.69 Å². The molecule has 1 amide bonds. The number of benzene rings is 2. The molecule has 1 atom stereocenters.